The van der Waals surface area contributed by atoms with E-state index < -0.39 is 0 Å². The van der Waals surface area contributed by atoms with Gasteiger partial charge in [-0.25, -0.2) is 0 Å². The van der Waals surface area contributed by atoms with Crippen LogP contribution in [0.15, 0.2) is 12.2 Å². The van der Waals surface area contributed by atoms with Crippen LogP contribution < -0.4 is 0 Å². The van der Waals surface area contributed by atoms with E-state index in [0.717, 1.165) is 24.7 Å². The molecule has 0 amide bonds. The smallest absolute Gasteiger partial charge is 0.149 e. The molecule has 2 heteroatoms. The van der Waals surface area contributed by atoms with Gasteiger partial charge in [0.05, 0.1) is 6.10 Å². The van der Waals surface area contributed by atoms with E-state index in [-0.39, 0.29) is 12.2 Å². The molecule has 1 fully saturated rings. The lowest BCUT2D eigenvalue weighted by atomic mass is 10.1. The van der Waals surface area contributed by atoms with Gasteiger partial charge in [0.15, 0.2) is 0 Å². The van der Waals surface area contributed by atoms with Crippen LogP contribution in [-0.4, -0.2) is 18.5 Å². The first-order valence-electron chi connectivity index (χ1n) is 4.06. The van der Waals surface area contributed by atoms with Crippen LogP contribution in [0.3, 0.4) is 0 Å². The third kappa shape index (κ3) is 1.90. The summed E-state index contributed by atoms with van der Waals surface area (Å²) in [4.78, 5) is 10.3. The van der Waals surface area contributed by atoms with Crippen molar-refractivity contribution in [2.24, 2.45) is 0 Å². The lowest BCUT2D eigenvalue weighted by molar-refractivity contribution is -0.117. The molecule has 62 valence electrons. The van der Waals surface area contributed by atoms with E-state index in [4.69, 9.17) is 4.74 Å². The Labute approximate surface area is 67.2 Å². The van der Waals surface area contributed by atoms with E-state index >= 15 is 0 Å². The van der Waals surface area contributed by atoms with Crippen LogP contribution in [0.2, 0.25) is 0 Å². The van der Waals surface area contributed by atoms with Gasteiger partial charge in [-0.15, -0.1) is 0 Å². The molecule has 0 aromatic rings. The highest BCUT2D eigenvalue weighted by Gasteiger charge is 2.27. The van der Waals surface area contributed by atoms with Gasteiger partial charge in [0.2, 0.25) is 0 Å². The third-order valence-electron chi connectivity index (χ3n) is 1.96. The zero-order valence-corrected chi connectivity index (χ0v) is 6.88. The number of rotatable bonds is 3. The third-order valence-corrected chi connectivity index (χ3v) is 1.96. The van der Waals surface area contributed by atoms with Crippen molar-refractivity contribution < 1.29 is 9.53 Å². The zero-order chi connectivity index (χ0) is 8.27. The molecule has 1 rings (SSSR count). The first-order chi connectivity index (χ1) is 5.27. The first-order valence-corrected chi connectivity index (χ1v) is 4.06. The van der Waals surface area contributed by atoms with Gasteiger partial charge < -0.3 is 9.53 Å². The van der Waals surface area contributed by atoms with E-state index in [1.807, 2.05) is 0 Å². The summed E-state index contributed by atoms with van der Waals surface area (Å²) in [5.74, 6) is 0. The van der Waals surface area contributed by atoms with Crippen LogP contribution in [0.25, 0.3) is 0 Å². The Morgan fingerprint density at radius 3 is 3.00 bits per heavy atom. The van der Waals surface area contributed by atoms with E-state index in [2.05, 4.69) is 13.5 Å². The van der Waals surface area contributed by atoms with Crippen molar-refractivity contribution in [3.63, 3.8) is 0 Å². The van der Waals surface area contributed by atoms with Gasteiger partial charge in [0.25, 0.3) is 0 Å². The van der Waals surface area contributed by atoms with Gasteiger partial charge in [-0.1, -0.05) is 19.9 Å². The van der Waals surface area contributed by atoms with Crippen molar-refractivity contribution in [1.29, 1.82) is 0 Å². The highest BCUT2D eigenvalue weighted by atomic mass is 16.5. The fraction of sp³-hybridized carbons (Fsp3) is 0.667. The second-order valence-electron chi connectivity index (χ2n) is 2.95. The molecule has 1 aliphatic heterocycles. The quantitative estimate of drug-likeness (QED) is 0.457. The van der Waals surface area contributed by atoms with E-state index in [1.54, 1.807) is 0 Å². The van der Waals surface area contributed by atoms with Crippen molar-refractivity contribution in [3.05, 3.63) is 12.2 Å². The number of carbonyl (C=O) groups excluding carboxylic acids is 1. The van der Waals surface area contributed by atoms with E-state index in [0.29, 0.717) is 6.42 Å². The Kier molecular flexibility index (Phi) is 2.83. The number of hydrogen-bond donors (Lipinski definition) is 0. The van der Waals surface area contributed by atoms with Crippen LogP contribution in [0, 0.1) is 0 Å². The normalized spacial score (nSPS) is 30.8. The molecule has 2 nitrogen and oxygen atoms in total. The SMILES string of the molecule is C=C1C[C@H](C=O)OC1CCC. The first kappa shape index (κ1) is 8.47. The monoisotopic (exact) mass is 154 g/mol. The Balaban J connectivity index is 2.44. The number of ether oxygens (including phenoxy) is 1. The van der Waals surface area contributed by atoms with Crippen LogP contribution in [-0.2, 0) is 9.53 Å². The van der Waals surface area contributed by atoms with E-state index in [1.165, 1.54) is 0 Å². The van der Waals surface area contributed by atoms with Crippen LogP contribution in [0.4, 0.5) is 0 Å². The molecule has 0 aromatic heterocycles. The topological polar surface area (TPSA) is 26.3 Å². The molecule has 0 radical (unpaired) electrons. The van der Waals surface area contributed by atoms with Gasteiger partial charge >= 0.3 is 0 Å². The summed E-state index contributed by atoms with van der Waals surface area (Å²) in [5, 5.41) is 0. The molecule has 0 aliphatic carbocycles. The van der Waals surface area contributed by atoms with Gasteiger partial charge in [-0.05, 0) is 12.0 Å². The molecular formula is C9H14O2. The van der Waals surface area contributed by atoms with Crippen molar-refractivity contribution >= 4 is 6.29 Å². The maximum atomic E-state index is 10.3. The standard InChI is InChI=1S/C9H14O2/c1-3-4-9-7(2)5-8(6-10)11-9/h6,8-9H,2-5H2,1H3/t8-,9?/m1/s1. The Morgan fingerprint density at radius 2 is 2.55 bits per heavy atom. The largest absolute Gasteiger partial charge is 0.363 e. The second-order valence-corrected chi connectivity index (χ2v) is 2.95. The molecule has 0 saturated carbocycles. The molecule has 0 spiro atoms. The lowest BCUT2D eigenvalue weighted by Crippen LogP contribution is -2.11. The van der Waals surface area contributed by atoms with Crippen LogP contribution >= 0.6 is 0 Å². The fourth-order valence-corrected chi connectivity index (χ4v) is 1.36. The average Bonchev–Trinajstić information content (AvgIpc) is 2.33. The molecular weight excluding hydrogens is 140 g/mol. The summed E-state index contributed by atoms with van der Waals surface area (Å²) < 4.78 is 5.40. The Bertz CT molecular complexity index is 163. The Hall–Kier alpha value is -0.630. The summed E-state index contributed by atoms with van der Waals surface area (Å²) in [7, 11) is 0. The maximum absolute atomic E-state index is 10.3. The van der Waals surface area contributed by atoms with Crippen molar-refractivity contribution in [1.82, 2.24) is 0 Å². The molecule has 1 heterocycles. The van der Waals surface area contributed by atoms with Gasteiger partial charge in [-0.3, -0.25) is 0 Å². The minimum Gasteiger partial charge on any atom is -0.363 e. The minimum absolute atomic E-state index is 0.134. The number of carbonyl (C=O) groups is 1. The molecule has 11 heavy (non-hydrogen) atoms. The van der Waals surface area contributed by atoms with Crippen LogP contribution in [0.5, 0.6) is 0 Å². The Morgan fingerprint density at radius 1 is 1.82 bits per heavy atom. The lowest BCUT2D eigenvalue weighted by Gasteiger charge is -2.08. The fourth-order valence-electron chi connectivity index (χ4n) is 1.36. The molecule has 0 bridgehead atoms. The number of hydrogen-bond acceptors (Lipinski definition) is 2. The van der Waals surface area contributed by atoms with Crippen molar-refractivity contribution in [2.45, 2.75) is 38.4 Å². The highest BCUT2D eigenvalue weighted by molar-refractivity contribution is 5.58. The minimum atomic E-state index is -0.223. The maximum Gasteiger partial charge on any atom is 0.149 e. The molecule has 0 aromatic carbocycles. The molecule has 2 atom stereocenters. The summed E-state index contributed by atoms with van der Waals surface area (Å²) in [6.07, 6.45) is 3.56. The molecule has 1 saturated heterocycles. The van der Waals surface area contributed by atoms with Gasteiger partial charge in [0.1, 0.15) is 12.4 Å². The van der Waals surface area contributed by atoms with Crippen molar-refractivity contribution in [2.75, 3.05) is 0 Å². The predicted octanol–water partition coefficient (Wildman–Crippen LogP) is 1.70. The summed E-state index contributed by atoms with van der Waals surface area (Å²) in [6.45, 7) is 5.97. The molecule has 0 N–H and O–H groups in total. The van der Waals surface area contributed by atoms with Crippen LogP contribution in [0.1, 0.15) is 26.2 Å². The predicted molar refractivity (Wildman–Crippen MR) is 43.4 cm³/mol. The molecule has 1 aliphatic rings. The molecule has 1 unspecified atom stereocenters. The highest BCUT2D eigenvalue weighted by Crippen LogP contribution is 2.26. The second kappa shape index (κ2) is 3.67. The summed E-state index contributed by atoms with van der Waals surface area (Å²) in [6, 6.07) is 0. The average molecular weight is 154 g/mol. The van der Waals surface area contributed by atoms with E-state index in [9.17, 15) is 4.79 Å². The zero-order valence-electron chi connectivity index (χ0n) is 6.88. The number of aldehydes is 1. The van der Waals surface area contributed by atoms with Gasteiger partial charge in [-0.2, -0.15) is 0 Å². The van der Waals surface area contributed by atoms with Crippen molar-refractivity contribution in [3.8, 4) is 0 Å². The summed E-state index contributed by atoms with van der Waals surface area (Å²) >= 11 is 0. The van der Waals surface area contributed by atoms with Gasteiger partial charge in [0, 0.05) is 6.42 Å². The summed E-state index contributed by atoms with van der Waals surface area (Å²) in [5.41, 5.74) is 1.07.